The van der Waals surface area contributed by atoms with Gasteiger partial charge in [-0.05, 0) is 38.5 Å². The zero-order valence-electron chi connectivity index (χ0n) is 11.2. The van der Waals surface area contributed by atoms with Crippen LogP contribution in [0.5, 0.6) is 0 Å². The topological polar surface area (TPSA) is 76.2 Å². The van der Waals surface area contributed by atoms with E-state index >= 15 is 0 Å². The minimum Gasteiger partial charge on any atom is -0.358 e. The van der Waals surface area contributed by atoms with Crippen molar-refractivity contribution in [2.24, 2.45) is 0 Å². The normalized spacial score (nSPS) is 11.1. The molecule has 0 radical (unpaired) electrons. The van der Waals surface area contributed by atoms with Gasteiger partial charge in [0.2, 0.25) is 0 Å². The molecule has 0 aromatic carbocycles. The lowest BCUT2D eigenvalue weighted by atomic mass is 10.4. The van der Waals surface area contributed by atoms with Crippen LogP contribution in [0.1, 0.15) is 12.2 Å². The molecule has 1 N–H and O–H groups in total. The van der Waals surface area contributed by atoms with E-state index in [1.807, 2.05) is 14.1 Å². The van der Waals surface area contributed by atoms with Crippen LogP contribution in [-0.4, -0.2) is 53.1 Å². The quantitative estimate of drug-likeness (QED) is 0.419. The molecule has 1 aromatic rings. The highest BCUT2D eigenvalue weighted by atomic mass is 16.6. The Morgan fingerprint density at radius 1 is 1.56 bits per heavy atom. The Labute approximate surface area is 107 Å². The number of likely N-dealkylation sites (N-methyl/N-ethyl adjacent to an activating group) is 1. The number of aryl methyl sites for hydroxylation is 1. The van der Waals surface area contributed by atoms with Crippen molar-refractivity contribution in [3.63, 3.8) is 0 Å². The van der Waals surface area contributed by atoms with Gasteiger partial charge in [-0.1, -0.05) is 0 Å². The Morgan fingerprint density at radius 3 is 2.89 bits per heavy atom. The third kappa shape index (κ3) is 4.08. The van der Waals surface area contributed by atoms with E-state index in [1.165, 1.54) is 6.20 Å². The van der Waals surface area contributed by atoms with Crippen molar-refractivity contribution in [3.05, 3.63) is 22.1 Å². The molecule has 1 aromatic heterocycles. The monoisotopic (exact) mass is 255 g/mol. The lowest BCUT2D eigenvalue weighted by Gasteiger charge is -2.15. The Balaban J connectivity index is 2.47. The lowest BCUT2D eigenvalue weighted by Crippen LogP contribution is -2.27. The van der Waals surface area contributed by atoms with Crippen LogP contribution in [0.4, 0.5) is 5.82 Å². The molecule has 18 heavy (non-hydrogen) atoms. The van der Waals surface area contributed by atoms with Crippen molar-refractivity contribution in [1.29, 1.82) is 0 Å². The second kappa shape index (κ2) is 7.07. The van der Waals surface area contributed by atoms with Gasteiger partial charge in [0.05, 0.1) is 0 Å². The van der Waals surface area contributed by atoms with Gasteiger partial charge in [-0.15, -0.1) is 0 Å². The van der Waals surface area contributed by atoms with Crippen LogP contribution in [0.15, 0.2) is 6.20 Å². The SMILES string of the molecule is CNCCCN(C)CCn1c([N+](=O)[O-])cnc1C. The van der Waals surface area contributed by atoms with Crippen molar-refractivity contribution >= 4 is 5.82 Å². The fraction of sp³-hybridized carbons (Fsp3) is 0.727. The van der Waals surface area contributed by atoms with Crippen LogP contribution in [0.25, 0.3) is 0 Å². The summed E-state index contributed by atoms with van der Waals surface area (Å²) in [5.74, 6) is 0.751. The highest BCUT2D eigenvalue weighted by molar-refractivity contribution is 5.18. The summed E-state index contributed by atoms with van der Waals surface area (Å²) in [5, 5.41) is 13.9. The molecule has 0 aliphatic heterocycles. The first-order chi connectivity index (χ1) is 8.56. The number of nitro groups is 1. The number of nitrogens with zero attached hydrogens (tertiary/aromatic N) is 4. The number of aromatic nitrogens is 2. The molecule has 102 valence electrons. The zero-order valence-corrected chi connectivity index (χ0v) is 11.2. The Morgan fingerprint density at radius 2 is 2.28 bits per heavy atom. The molecule has 0 bridgehead atoms. The molecule has 0 saturated heterocycles. The van der Waals surface area contributed by atoms with Gasteiger partial charge < -0.3 is 20.3 Å². The summed E-state index contributed by atoms with van der Waals surface area (Å²) in [6.07, 6.45) is 2.38. The van der Waals surface area contributed by atoms with E-state index in [0.717, 1.165) is 26.1 Å². The van der Waals surface area contributed by atoms with Gasteiger partial charge in [-0.25, -0.2) is 9.55 Å². The van der Waals surface area contributed by atoms with Gasteiger partial charge in [-0.2, -0.15) is 0 Å². The van der Waals surface area contributed by atoms with Crippen LogP contribution >= 0.6 is 0 Å². The molecule has 1 rings (SSSR count). The average Bonchev–Trinajstić information content (AvgIpc) is 2.68. The van der Waals surface area contributed by atoms with E-state index in [9.17, 15) is 10.1 Å². The second-order valence-corrected chi connectivity index (χ2v) is 4.33. The van der Waals surface area contributed by atoms with Gasteiger partial charge in [0.15, 0.2) is 5.82 Å². The first-order valence-electron chi connectivity index (χ1n) is 6.06. The smallest absolute Gasteiger partial charge is 0.342 e. The third-order valence-corrected chi connectivity index (χ3v) is 2.89. The highest BCUT2D eigenvalue weighted by Gasteiger charge is 2.17. The minimum atomic E-state index is -0.388. The van der Waals surface area contributed by atoms with Gasteiger partial charge in [0, 0.05) is 13.5 Å². The maximum Gasteiger partial charge on any atom is 0.342 e. The summed E-state index contributed by atoms with van der Waals surface area (Å²) in [5.41, 5.74) is 0. The molecular formula is C11H21N5O2. The van der Waals surface area contributed by atoms with E-state index in [4.69, 9.17) is 0 Å². The molecule has 0 atom stereocenters. The zero-order chi connectivity index (χ0) is 13.5. The molecule has 0 fully saturated rings. The number of hydrogen-bond acceptors (Lipinski definition) is 5. The highest BCUT2D eigenvalue weighted by Crippen LogP contribution is 2.13. The van der Waals surface area contributed by atoms with E-state index in [0.29, 0.717) is 12.4 Å². The molecule has 1 heterocycles. The summed E-state index contributed by atoms with van der Waals surface area (Å²) >= 11 is 0. The Bertz CT molecular complexity index is 391. The molecule has 0 saturated carbocycles. The van der Waals surface area contributed by atoms with E-state index in [1.54, 1.807) is 11.5 Å². The predicted molar refractivity (Wildman–Crippen MR) is 69.7 cm³/mol. The molecule has 0 aliphatic rings. The lowest BCUT2D eigenvalue weighted by molar-refractivity contribution is -0.392. The standard InChI is InChI=1S/C11H21N5O2/c1-10-13-9-11(16(17)18)15(10)8-7-14(3)6-4-5-12-2/h9,12H,4-8H2,1-3H3. The molecular weight excluding hydrogens is 234 g/mol. The number of hydrogen-bond donors (Lipinski definition) is 1. The molecule has 0 spiro atoms. The van der Waals surface area contributed by atoms with E-state index in [-0.39, 0.29) is 10.7 Å². The van der Waals surface area contributed by atoms with Gasteiger partial charge >= 0.3 is 5.82 Å². The summed E-state index contributed by atoms with van der Waals surface area (Å²) in [6, 6.07) is 0. The largest absolute Gasteiger partial charge is 0.358 e. The molecule has 7 heteroatoms. The van der Waals surface area contributed by atoms with Crippen molar-refractivity contribution in [2.75, 3.05) is 33.7 Å². The third-order valence-electron chi connectivity index (χ3n) is 2.89. The summed E-state index contributed by atoms with van der Waals surface area (Å²) < 4.78 is 1.65. The summed E-state index contributed by atoms with van der Waals surface area (Å²) in [7, 11) is 3.95. The van der Waals surface area contributed by atoms with Crippen LogP contribution in [0.2, 0.25) is 0 Å². The molecule has 0 amide bonds. The number of nitrogens with one attached hydrogen (secondary N) is 1. The van der Waals surface area contributed by atoms with Crippen LogP contribution in [0.3, 0.4) is 0 Å². The fourth-order valence-corrected chi connectivity index (χ4v) is 1.79. The van der Waals surface area contributed by atoms with Crippen LogP contribution < -0.4 is 5.32 Å². The van der Waals surface area contributed by atoms with Crippen molar-refractivity contribution in [2.45, 2.75) is 19.9 Å². The van der Waals surface area contributed by atoms with Crippen LogP contribution in [0, 0.1) is 17.0 Å². The summed E-state index contributed by atoms with van der Waals surface area (Å²) in [4.78, 5) is 16.6. The second-order valence-electron chi connectivity index (χ2n) is 4.33. The number of rotatable bonds is 8. The van der Waals surface area contributed by atoms with E-state index in [2.05, 4.69) is 15.2 Å². The van der Waals surface area contributed by atoms with E-state index < -0.39 is 0 Å². The fourth-order valence-electron chi connectivity index (χ4n) is 1.79. The Kier molecular flexibility index (Phi) is 5.73. The minimum absolute atomic E-state index is 0.0659. The molecule has 0 aliphatic carbocycles. The van der Waals surface area contributed by atoms with Gasteiger partial charge in [-0.3, -0.25) is 0 Å². The number of imidazole rings is 1. The van der Waals surface area contributed by atoms with Gasteiger partial charge in [0.25, 0.3) is 0 Å². The molecule has 7 nitrogen and oxygen atoms in total. The van der Waals surface area contributed by atoms with Crippen molar-refractivity contribution in [3.8, 4) is 0 Å². The first kappa shape index (κ1) is 14.6. The first-order valence-corrected chi connectivity index (χ1v) is 6.06. The van der Waals surface area contributed by atoms with Crippen molar-refractivity contribution in [1.82, 2.24) is 19.8 Å². The van der Waals surface area contributed by atoms with Crippen LogP contribution in [-0.2, 0) is 6.54 Å². The van der Waals surface area contributed by atoms with Crippen molar-refractivity contribution < 1.29 is 4.92 Å². The maximum atomic E-state index is 10.8. The summed E-state index contributed by atoms with van der Waals surface area (Å²) in [6.45, 7) is 5.12. The molecule has 0 unspecified atom stereocenters. The Hall–Kier alpha value is -1.47. The average molecular weight is 255 g/mol. The van der Waals surface area contributed by atoms with Gasteiger partial charge in [0.1, 0.15) is 12.7 Å². The maximum absolute atomic E-state index is 10.8. The predicted octanol–water partition coefficient (Wildman–Crippen LogP) is 0.641.